The van der Waals surface area contributed by atoms with Crippen molar-refractivity contribution >= 4 is 23.3 Å². The number of anilines is 1. The van der Waals surface area contributed by atoms with E-state index in [2.05, 4.69) is 27.7 Å². The third-order valence-electron chi connectivity index (χ3n) is 6.44. The third-order valence-corrected chi connectivity index (χ3v) is 6.69. The lowest BCUT2D eigenvalue weighted by molar-refractivity contribution is 0.182. The van der Waals surface area contributed by atoms with E-state index >= 15 is 0 Å². The van der Waals surface area contributed by atoms with Gasteiger partial charge in [0.25, 0.3) is 0 Å². The molecule has 7 heteroatoms. The molecule has 0 unspecified atom stereocenters. The van der Waals surface area contributed by atoms with Crippen LogP contribution in [0.4, 0.5) is 19.3 Å². The Morgan fingerprint density at radius 1 is 1.00 bits per heavy atom. The van der Waals surface area contributed by atoms with Crippen LogP contribution in [0, 0.1) is 17.6 Å². The van der Waals surface area contributed by atoms with E-state index in [4.69, 9.17) is 11.6 Å². The molecule has 1 saturated carbocycles. The number of amides is 2. The maximum atomic E-state index is 13.3. The maximum Gasteiger partial charge on any atom is 0.319 e. The quantitative estimate of drug-likeness (QED) is 0.609. The van der Waals surface area contributed by atoms with Crippen molar-refractivity contribution in [1.29, 1.82) is 0 Å². The number of halogens is 3. The maximum absolute atomic E-state index is 13.3. The number of hydrogen-bond acceptors (Lipinski definition) is 2. The van der Waals surface area contributed by atoms with Crippen LogP contribution in [0.25, 0.3) is 0 Å². The highest BCUT2D eigenvalue weighted by Gasteiger charge is 2.29. The van der Waals surface area contributed by atoms with E-state index in [0.717, 1.165) is 75.0 Å². The summed E-state index contributed by atoms with van der Waals surface area (Å²) in [6, 6.07) is 10.9. The van der Waals surface area contributed by atoms with Crippen LogP contribution in [-0.2, 0) is 0 Å². The van der Waals surface area contributed by atoms with Crippen molar-refractivity contribution in [3.05, 3.63) is 64.7 Å². The van der Waals surface area contributed by atoms with Gasteiger partial charge >= 0.3 is 6.03 Å². The molecule has 4 nitrogen and oxygen atoms in total. The molecule has 2 N–H and O–H groups in total. The lowest BCUT2D eigenvalue weighted by Crippen LogP contribution is -2.38. The number of carbonyl (C=O) groups is 1. The molecule has 1 heterocycles. The normalized spacial score (nSPS) is 22.4. The fourth-order valence-electron chi connectivity index (χ4n) is 4.90. The van der Waals surface area contributed by atoms with Gasteiger partial charge in [0, 0.05) is 29.4 Å². The number of likely N-dealkylation sites (tertiary alicyclic amines) is 1. The second-order valence-electron chi connectivity index (χ2n) is 8.76. The van der Waals surface area contributed by atoms with E-state index < -0.39 is 17.7 Å². The largest absolute Gasteiger partial charge is 0.335 e. The van der Waals surface area contributed by atoms with Crippen LogP contribution < -0.4 is 10.6 Å². The van der Waals surface area contributed by atoms with Crippen molar-refractivity contribution < 1.29 is 13.6 Å². The Morgan fingerprint density at radius 2 is 1.68 bits per heavy atom. The second kappa shape index (κ2) is 9.96. The van der Waals surface area contributed by atoms with Crippen LogP contribution in [0.5, 0.6) is 0 Å². The zero-order valence-electron chi connectivity index (χ0n) is 17.4. The van der Waals surface area contributed by atoms with Crippen molar-refractivity contribution in [3.8, 4) is 0 Å². The molecule has 2 amide bonds. The highest BCUT2D eigenvalue weighted by atomic mass is 35.5. The van der Waals surface area contributed by atoms with Gasteiger partial charge in [0.2, 0.25) is 0 Å². The molecule has 2 aromatic rings. The predicted octanol–water partition coefficient (Wildman–Crippen LogP) is 5.79. The van der Waals surface area contributed by atoms with Gasteiger partial charge in [-0.3, -0.25) is 0 Å². The molecular formula is C24H28ClF2N3O. The average molecular weight is 448 g/mol. The summed E-state index contributed by atoms with van der Waals surface area (Å²) < 4.78 is 26.5. The van der Waals surface area contributed by atoms with E-state index in [1.807, 2.05) is 12.1 Å². The summed E-state index contributed by atoms with van der Waals surface area (Å²) >= 11 is 6.00. The highest BCUT2D eigenvalue weighted by molar-refractivity contribution is 6.30. The number of carbonyl (C=O) groups excluding carboxylic acids is 1. The van der Waals surface area contributed by atoms with Gasteiger partial charge in [-0.15, -0.1) is 0 Å². The van der Waals surface area contributed by atoms with Gasteiger partial charge in [-0.1, -0.05) is 23.7 Å². The van der Waals surface area contributed by atoms with Gasteiger partial charge in [0.15, 0.2) is 0 Å². The number of benzene rings is 2. The molecule has 0 radical (unpaired) electrons. The summed E-state index contributed by atoms with van der Waals surface area (Å²) in [5.74, 6) is -0.265. The van der Waals surface area contributed by atoms with Gasteiger partial charge < -0.3 is 15.5 Å². The van der Waals surface area contributed by atoms with Crippen molar-refractivity contribution in [1.82, 2.24) is 10.2 Å². The molecule has 0 aromatic heterocycles. The Labute approximate surface area is 187 Å². The number of piperidine rings is 1. The van der Waals surface area contributed by atoms with Crippen LogP contribution >= 0.6 is 11.6 Å². The number of nitrogens with one attached hydrogen (secondary N) is 2. The Hall–Kier alpha value is -2.18. The summed E-state index contributed by atoms with van der Waals surface area (Å²) in [5.41, 5.74) is 1.49. The average Bonchev–Trinajstić information content (AvgIpc) is 3.15. The summed E-state index contributed by atoms with van der Waals surface area (Å²) in [7, 11) is 0. The SMILES string of the molecule is O=C(Nc1cc(F)cc(F)c1)N[C@@H]1CC[C@H](CN2CCC(c3ccc(Cl)cc3)CC2)C1. The third kappa shape index (κ3) is 6.17. The first-order valence-electron chi connectivity index (χ1n) is 11.0. The van der Waals surface area contributed by atoms with E-state index in [0.29, 0.717) is 11.8 Å². The molecule has 2 aliphatic rings. The van der Waals surface area contributed by atoms with Crippen molar-refractivity contribution in [3.63, 3.8) is 0 Å². The minimum atomic E-state index is -0.712. The van der Waals surface area contributed by atoms with Gasteiger partial charge in [-0.25, -0.2) is 13.6 Å². The first kappa shape index (κ1) is 22.0. The summed E-state index contributed by atoms with van der Waals surface area (Å²) in [5, 5.41) is 6.24. The summed E-state index contributed by atoms with van der Waals surface area (Å²) in [6.45, 7) is 3.24. The van der Waals surface area contributed by atoms with Crippen LogP contribution in [0.15, 0.2) is 42.5 Å². The van der Waals surface area contributed by atoms with Gasteiger partial charge in [0.1, 0.15) is 11.6 Å². The fraction of sp³-hybridized carbons (Fsp3) is 0.458. The zero-order chi connectivity index (χ0) is 21.8. The smallest absolute Gasteiger partial charge is 0.319 e. The minimum Gasteiger partial charge on any atom is -0.335 e. The highest BCUT2D eigenvalue weighted by Crippen LogP contribution is 2.31. The van der Waals surface area contributed by atoms with Gasteiger partial charge in [-0.2, -0.15) is 0 Å². The Bertz CT molecular complexity index is 880. The minimum absolute atomic E-state index is 0.0926. The van der Waals surface area contributed by atoms with E-state index in [1.165, 1.54) is 5.56 Å². The summed E-state index contributed by atoms with van der Waals surface area (Å²) in [4.78, 5) is 14.7. The molecule has 4 rings (SSSR count). The second-order valence-corrected chi connectivity index (χ2v) is 9.20. The number of urea groups is 1. The number of rotatable bonds is 5. The topological polar surface area (TPSA) is 44.4 Å². The standard InChI is InChI=1S/C24H28ClF2N3O/c25-19-4-2-17(3-5-19)18-7-9-30(10-8-18)15-16-1-6-22(11-16)28-24(31)29-23-13-20(26)12-21(27)14-23/h2-5,12-14,16,18,22H,1,6-11,15H2,(H2,28,29,31)/t16-,22+/m0/s1. The molecule has 0 bridgehead atoms. The molecule has 1 aliphatic carbocycles. The van der Waals surface area contributed by atoms with Crippen molar-refractivity contribution in [2.75, 3.05) is 25.0 Å². The summed E-state index contributed by atoms with van der Waals surface area (Å²) in [6.07, 6.45) is 5.25. The van der Waals surface area contributed by atoms with Crippen LogP contribution in [-0.4, -0.2) is 36.6 Å². The van der Waals surface area contributed by atoms with Crippen LogP contribution in [0.2, 0.25) is 5.02 Å². The number of nitrogens with zero attached hydrogens (tertiary/aromatic N) is 1. The monoisotopic (exact) mass is 447 g/mol. The van der Waals surface area contributed by atoms with Crippen LogP contribution in [0.1, 0.15) is 43.6 Å². The van der Waals surface area contributed by atoms with Gasteiger partial charge in [-0.05, 0) is 86.9 Å². The Morgan fingerprint density at radius 3 is 2.35 bits per heavy atom. The van der Waals surface area contributed by atoms with E-state index in [9.17, 15) is 13.6 Å². The van der Waals surface area contributed by atoms with Crippen molar-refractivity contribution in [2.24, 2.45) is 5.92 Å². The zero-order valence-corrected chi connectivity index (χ0v) is 18.2. The van der Waals surface area contributed by atoms with E-state index in [1.54, 1.807) is 0 Å². The molecule has 0 spiro atoms. The molecule has 1 saturated heterocycles. The Kier molecular flexibility index (Phi) is 7.08. The molecule has 2 aromatic carbocycles. The number of hydrogen-bond donors (Lipinski definition) is 2. The Balaban J connectivity index is 1.19. The molecule has 2 atom stereocenters. The molecular weight excluding hydrogens is 420 g/mol. The predicted molar refractivity (Wildman–Crippen MR) is 120 cm³/mol. The lowest BCUT2D eigenvalue weighted by Gasteiger charge is -2.33. The van der Waals surface area contributed by atoms with Crippen LogP contribution in [0.3, 0.4) is 0 Å². The van der Waals surface area contributed by atoms with E-state index in [-0.39, 0.29) is 11.7 Å². The molecule has 2 fully saturated rings. The lowest BCUT2D eigenvalue weighted by atomic mass is 9.89. The first-order chi connectivity index (χ1) is 14.9. The van der Waals surface area contributed by atoms with Gasteiger partial charge in [0.05, 0.1) is 0 Å². The first-order valence-corrected chi connectivity index (χ1v) is 11.3. The van der Waals surface area contributed by atoms with Crippen molar-refractivity contribution in [2.45, 2.75) is 44.1 Å². The fourth-order valence-corrected chi connectivity index (χ4v) is 5.03. The molecule has 166 valence electrons. The molecule has 1 aliphatic heterocycles. The molecule has 31 heavy (non-hydrogen) atoms.